The first-order valence-corrected chi connectivity index (χ1v) is 16.2. The van der Waals surface area contributed by atoms with E-state index in [4.69, 9.17) is 0 Å². The Morgan fingerprint density at radius 2 is 1.25 bits per heavy atom. The van der Waals surface area contributed by atoms with Gasteiger partial charge in [-0.25, -0.2) is 0 Å². The molecule has 0 aliphatic heterocycles. The molecule has 0 amide bonds. The summed E-state index contributed by atoms with van der Waals surface area (Å²) in [6.07, 6.45) is 1.88. The van der Waals surface area contributed by atoms with Gasteiger partial charge in [0, 0.05) is 61.1 Å². The Morgan fingerprint density at radius 3 is 1.86 bits per heavy atom. The second kappa shape index (κ2) is 14.3. The maximum Gasteiger partial charge on any atom is 0.0422 e. The van der Waals surface area contributed by atoms with E-state index < -0.39 is 0 Å². The zero-order valence-electron chi connectivity index (χ0n) is 27.1. The van der Waals surface area contributed by atoms with E-state index in [1.807, 2.05) is 6.08 Å². The van der Waals surface area contributed by atoms with Crippen LogP contribution >= 0.6 is 0 Å². The van der Waals surface area contributed by atoms with Crippen LogP contribution in [0.1, 0.15) is 67.0 Å². The SMILES string of the molecule is C=Cc1ccc(CNc2ccc(C(c3ccc(N(CC)CC)cc3)c3ccc(N(CC)CC)cc3C)c3ccccc23)cc1. The zero-order valence-corrected chi connectivity index (χ0v) is 27.1. The number of rotatable bonds is 13. The summed E-state index contributed by atoms with van der Waals surface area (Å²) in [4.78, 5) is 4.83. The summed E-state index contributed by atoms with van der Waals surface area (Å²) >= 11 is 0. The van der Waals surface area contributed by atoms with Crippen LogP contribution in [0.5, 0.6) is 0 Å². The van der Waals surface area contributed by atoms with Gasteiger partial charge in [0.2, 0.25) is 0 Å². The fourth-order valence-electron chi connectivity index (χ4n) is 6.46. The molecular formula is C41H47N3. The number of nitrogens with zero attached hydrogens (tertiary/aromatic N) is 2. The lowest BCUT2D eigenvalue weighted by molar-refractivity contribution is 0.861. The van der Waals surface area contributed by atoms with E-state index in [0.717, 1.165) is 44.0 Å². The number of benzene rings is 5. The Labute approximate surface area is 264 Å². The first-order valence-electron chi connectivity index (χ1n) is 16.2. The lowest BCUT2D eigenvalue weighted by Gasteiger charge is -2.27. The van der Waals surface area contributed by atoms with Gasteiger partial charge in [-0.2, -0.15) is 0 Å². The molecule has 1 unspecified atom stereocenters. The summed E-state index contributed by atoms with van der Waals surface area (Å²) in [6.45, 7) is 19.8. The molecule has 1 atom stereocenters. The molecular weight excluding hydrogens is 534 g/mol. The lowest BCUT2D eigenvalue weighted by atomic mass is 9.80. The number of nitrogens with one attached hydrogen (secondary N) is 1. The van der Waals surface area contributed by atoms with Crippen molar-refractivity contribution in [3.63, 3.8) is 0 Å². The highest BCUT2D eigenvalue weighted by Gasteiger charge is 2.23. The molecule has 0 heterocycles. The molecule has 0 spiro atoms. The third-order valence-electron chi connectivity index (χ3n) is 9.02. The maximum atomic E-state index is 3.88. The average Bonchev–Trinajstić information content (AvgIpc) is 3.07. The van der Waals surface area contributed by atoms with Crippen LogP contribution in [0.2, 0.25) is 0 Å². The van der Waals surface area contributed by atoms with Crippen molar-refractivity contribution in [3.05, 3.63) is 143 Å². The Balaban J connectivity index is 1.60. The summed E-state index contributed by atoms with van der Waals surface area (Å²) in [6, 6.07) is 38.3. The minimum absolute atomic E-state index is 0.108. The molecule has 0 saturated carbocycles. The molecule has 1 N–H and O–H groups in total. The summed E-state index contributed by atoms with van der Waals surface area (Å²) in [5.74, 6) is 0.108. The van der Waals surface area contributed by atoms with Crippen molar-refractivity contribution >= 4 is 33.9 Å². The molecule has 226 valence electrons. The van der Waals surface area contributed by atoms with Crippen molar-refractivity contribution in [2.45, 2.75) is 47.1 Å². The number of anilines is 3. The number of fused-ring (bicyclic) bond motifs is 1. The smallest absolute Gasteiger partial charge is 0.0422 e. The van der Waals surface area contributed by atoms with E-state index in [0.29, 0.717) is 0 Å². The van der Waals surface area contributed by atoms with Gasteiger partial charge in [-0.3, -0.25) is 0 Å². The van der Waals surface area contributed by atoms with Crippen LogP contribution in [0.3, 0.4) is 0 Å². The Kier molecular flexibility index (Phi) is 10.1. The van der Waals surface area contributed by atoms with E-state index in [-0.39, 0.29) is 5.92 Å². The summed E-state index contributed by atoms with van der Waals surface area (Å²) in [7, 11) is 0. The minimum Gasteiger partial charge on any atom is -0.380 e. The molecule has 0 radical (unpaired) electrons. The van der Waals surface area contributed by atoms with Crippen LogP contribution in [0.15, 0.2) is 110 Å². The van der Waals surface area contributed by atoms with Crippen LogP contribution in [0.25, 0.3) is 16.8 Å². The highest BCUT2D eigenvalue weighted by atomic mass is 15.1. The molecule has 0 fully saturated rings. The van der Waals surface area contributed by atoms with Gasteiger partial charge < -0.3 is 15.1 Å². The summed E-state index contributed by atoms with van der Waals surface area (Å²) < 4.78 is 0. The van der Waals surface area contributed by atoms with Crippen molar-refractivity contribution in [3.8, 4) is 0 Å². The van der Waals surface area contributed by atoms with Gasteiger partial charge >= 0.3 is 0 Å². The molecule has 0 aromatic heterocycles. The Hall–Kier alpha value is -4.50. The minimum atomic E-state index is 0.108. The second-order valence-corrected chi connectivity index (χ2v) is 11.5. The second-order valence-electron chi connectivity index (χ2n) is 11.5. The summed E-state index contributed by atoms with van der Waals surface area (Å²) in [5, 5.41) is 6.25. The fourth-order valence-corrected chi connectivity index (χ4v) is 6.46. The van der Waals surface area contributed by atoms with Gasteiger partial charge in [-0.15, -0.1) is 0 Å². The van der Waals surface area contributed by atoms with Crippen molar-refractivity contribution in [1.82, 2.24) is 0 Å². The predicted molar refractivity (Wildman–Crippen MR) is 193 cm³/mol. The molecule has 5 aromatic rings. The van der Waals surface area contributed by atoms with E-state index in [9.17, 15) is 0 Å². The van der Waals surface area contributed by atoms with Crippen LogP contribution in [0, 0.1) is 6.92 Å². The molecule has 0 saturated heterocycles. The molecule has 0 aliphatic carbocycles. The van der Waals surface area contributed by atoms with E-state index in [1.165, 1.54) is 50.0 Å². The van der Waals surface area contributed by atoms with Gasteiger partial charge in [-0.1, -0.05) is 85.5 Å². The average molecular weight is 582 g/mol. The molecule has 5 aromatic carbocycles. The van der Waals surface area contributed by atoms with E-state index in [2.05, 4.69) is 159 Å². The third-order valence-corrected chi connectivity index (χ3v) is 9.02. The maximum absolute atomic E-state index is 3.88. The van der Waals surface area contributed by atoms with Crippen molar-refractivity contribution in [1.29, 1.82) is 0 Å². The van der Waals surface area contributed by atoms with Gasteiger partial charge in [0.1, 0.15) is 0 Å². The van der Waals surface area contributed by atoms with E-state index >= 15 is 0 Å². The monoisotopic (exact) mass is 581 g/mol. The topological polar surface area (TPSA) is 18.5 Å². The zero-order chi connectivity index (χ0) is 31.1. The number of hydrogen-bond acceptors (Lipinski definition) is 3. The van der Waals surface area contributed by atoms with E-state index in [1.54, 1.807) is 0 Å². The quantitative estimate of drug-likeness (QED) is 0.140. The van der Waals surface area contributed by atoms with Crippen molar-refractivity contribution in [2.24, 2.45) is 0 Å². The van der Waals surface area contributed by atoms with Crippen LogP contribution < -0.4 is 15.1 Å². The summed E-state index contributed by atoms with van der Waals surface area (Å²) in [5.41, 5.74) is 11.4. The first-order chi connectivity index (χ1) is 21.5. The largest absolute Gasteiger partial charge is 0.380 e. The normalized spacial score (nSPS) is 11.8. The van der Waals surface area contributed by atoms with Crippen molar-refractivity contribution < 1.29 is 0 Å². The molecule has 0 bridgehead atoms. The third kappa shape index (κ3) is 6.53. The predicted octanol–water partition coefficient (Wildman–Crippen LogP) is 10.3. The van der Waals surface area contributed by atoms with Crippen LogP contribution in [-0.4, -0.2) is 26.2 Å². The van der Waals surface area contributed by atoms with Crippen molar-refractivity contribution in [2.75, 3.05) is 41.3 Å². The number of hydrogen-bond donors (Lipinski definition) is 1. The number of aryl methyl sites for hydroxylation is 1. The van der Waals surface area contributed by atoms with Crippen LogP contribution in [0.4, 0.5) is 17.1 Å². The fraction of sp³-hybridized carbons (Fsp3) is 0.268. The Bertz CT molecular complexity index is 1680. The molecule has 3 heteroatoms. The highest BCUT2D eigenvalue weighted by molar-refractivity contribution is 5.97. The van der Waals surface area contributed by atoms with Gasteiger partial charge in [0.15, 0.2) is 0 Å². The highest BCUT2D eigenvalue weighted by Crippen LogP contribution is 2.41. The van der Waals surface area contributed by atoms with Gasteiger partial charge in [0.25, 0.3) is 0 Å². The Morgan fingerprint density at radius 1 is 0.659 bits per heavy atom. The molecule has 44 heavy (non-hydrogen) atoms. The van der Waals surface area contributed by atoms with Gasteiger partial charge in [0.05, 0.1) is 0 Å². The van der Waals surface area contributed by atoms with Crippen LogP contribution in [-0.2, 0) is 6.54 Å². The molecule has 3 nitrogen and oxygen atoms in total. The molecule has 5 rings (SSSR count). The molecule has 0 aliphatic rings. The lowest BCUT2D eigenvalue weighted by Crippen LogP contribution is -2.22. The van der Waals surface area contributed by atoms with Gasteiger partial charge in [-0.05, 0) is 104 Å². The first kappa shape index (κ1) is 30.9. The standard InChI is InChI=1S/C41H47N3/c1-7-31-16-18-32(19-17-31)29-42-40-27-26-39(37-14-12-13-15-38(37)40)41(33-20-22-34(23-21-33)43(8-2)9-3)36-25-24-35(28-30(36)6)44(10-4)11-5/h7,12-28,41-42H,1,8-11,29H2,2-6H3.